The highest BCUT2D eigenvalue weighted by Crippen LogP contribution is 2.44. The molecule has 0 aliphatic heterocycles. The van der Waals surface area contributed by atoms with Gasteiger partial charge in [0.05, 0.1) is 0 Å². The highest BCUT2D eigenvalue weighted by atomic mass is 32.1. The van der Waals surface area contributed by atoms with Gasteiger partial charge in [0.2, 0.25) is 0 Å². The molecule has 49 heavy (non-hydrogen) atoms. The van der Waals surface area contributed by atoms with Gasteiger partial charge in [-0.15, -0.1) is 11.3 Å². The number of anilines is 3. The average Bonchev–Trinajstić information content (AvgIpc) is 3.74. The van der Waals surface area contributed by atoms with Gasteiger partial charge in [-0.3, -0.25) is 0 Å². The number of furan rings is 1. The highest BCUT2D eigenvalue weighted by Gasteiger charge is 2.18. The van der Waals surface area contributed by atoms with E-state index in [-0.39, 0.29) is 0 Å². The van der Waals surface area contributed by atoms with Crippen molar-refractivity contribution in [2.75, 3.05) is 4.90 Å². The summed E-state index contributed by atoms with van der Waals surface area (Å²) < 4.78 is 8.85. The van der Waals surface area contributed by atoms with E-state index in [2.05, 4.69) is 169 Å². The van der Waals surface area contributed by atoms with Crippen molar-refractivity contribution >= 4 is 81.3 Å². The normalized spacial score (nSPS) is 11.7. The number of fused-ring (bicyclic) bond motifs is 8. The molecule has 0 fully saturated rings. The predicted molar refractivity (Wildman–Crippen MR) is 210 cm³/mol. The smallest absolute Gasteiger partial charge is 0.135 e. The van der Waals surface area contributed by atoms with Crippen molar-refractivity contribution < 1.29 is 4.42 Å². The summed E-state index contributed by atoms with van der Waals surface area (Å²) >= 11 is 1.88. The standard InChI is InChI=1S/C46H29NOS/c1-2-10-30(11-3-1)36-13-6-7-14-37(36)32-18-21-33(22-19-32)47(34-23-26-44-41(28-34)39-16-8-9-17-43(39)48-44)35-24-27-45-42(29-35)40-25-20-31-12-4-5-15-38(31)46(40)49-45/h1-29H. The molecule has 0 spiro atoms. The van der Waals surface area contributed by atoms with Crippen molar-refractivity contribution in [2.24, 2.45) is 0 Å². The van der Waals surface area contributed by atoms with Gasteiger partial charge in [-0.25, -0.2) is 0 Å². The van der Waals surface area contributed by atoms with Crippen molar-refractivity contribution in [3.05, 3.63) is 176 Å². The zero-order chi connectivity index (χ0) is 32.3. The molecule has 230 valence electrons. The maximum absolute atomic E-state index is 6.22. The molecule has 0 bridgehead atoms. The Morgan fingerprint density at radius 3 is 1.82 bits per heavy atom. The number of thiophene rings is 1. The molecule has 0 radical (unpaired) electrons. The van der Waals surface area contributed by atoms with E-state index in [1.165, 1.54) is 53.2 Å². The minimum absolute atomic E-state index is 0.893. The highest BCUT2D eigenvalue weighted by molar-refractivity contribution is 7.26. The molecule has 0 saturated carbocycles. The molecule has 2 heterocycles. The van der Waals surface area contributed by atoms with Gasteiger partial charge in [0.15, 0.2) is 0 Å². The maximum Gasteiger partial charge on any atom is 0.135 e. The first-order valence-electron chi connectivity index (χ1n) is 16.6. The number of benzene rings is 8. The van der Waals surface area contributed by atoms with Crippen LogP contribution in [0.1, 0.15) is 0 Å². The summed E-state index contributed by atoms with van der Waals surface area (Å²) in [6.07, 6.45) is 0. The molecule has 0 aliphatic carbocycles. The van der Waals surface area contributed by atoms with Crippen LogP contribution in [0.15, 0.2) is 180 Å². The van der Waals surface area contributed by atoms with Crippen LogP contribution in [-0.4, -0.2) is 0 Å². The van der Waals surface area contributed by atoms with Crippen molar-refractivity contribution in [1.82, 2.24) is 0 Å². The van der Waals surface area contributed by atoms with Crippen LogP contribution in [0.5, 0.6) is 0 Å². The van der Waals surface area contributed by atoms with Gasteiger partial charge in [-0.1, -0.05) is 121 Å². The Hall–Kier alpha value is -6.16. The lowest BCUT2D eigenvalue weighted by atomic mass is 9.94. The number of para-hydroxylation sites is 1. The van der Waals surface area contributed by atoms with Crippen LogP contribution in [0.25, 0.3) is 75.1 Å². The summed E-state index contributed by atoms with van der Waals surface area (Å²) in [5.41, 5.74) is 9.94. The summed E-state index contributed by atoms with van der Waals surface area (Å²) in [5, 5.41) is 7.39. The molecular formula is C46H29NOS. The number of rotatable bonds is 5. The van der Waals surface area contributed by atoms with E-state index in [1.54, 1.807) is 0 Å². The Labute approximate surface area is 287 Å². The molecule has 0 aliphatic rings. The molecule has 2 aromatic heterocycles. The summed E-state index contributed by atoms with van der Waals surface area (Å²) in [5.74, 6) is 0. The fourth-order valence-electron chi connectivity index (χ4n) is 7.33. The van der Waals surface area contributed by atoms with Gasteiger partial charge in [0.1, 0.15) is 11.2 Å². The summed E-state index contributed by atoms with van der Waals surface area (Å²) in [4.78, 5) is 2.37. The number of hydrogen-bond donors (Lipinski definition) is 0. The molecule has 10 rings (SSSR count). The molecule has 0 atom stereocenters. The Morgan fingerprint density at radius 2 is 1.00 bits per heavy atom. The van der Waals surface area contributed by atoms with Crippen LogP contribution in [0.4, 0.5) is 17.1 Å². The molecular weight excluding hydrogens is 615 g/mol. The fourth-order valence-corrected chi connectivity index (χ4v) is 8.54. The SMILES string of the molecule is c1ccc(-c2ccccc2-c2ccc(N(c3ccc4oc5ccccc5c4c3)c3ccc4sc5c6ccccc6ccc5c4c3)cc2)cc1. The van der Waals surface area contributed by atoms with Gasteiger partial charge >= 0.3 is 0 Å². The summed E-state index contributed by atoms with van der Waals surface area (Å²) in [6, 6.07) is 63.2. The van der Waals surface area contributed by atoms with Crippen LogP contribution >= 0.6 is 11.3 Å². The maximum atomic E-state index is 6.22. The van der Waals surface area contributed by atoms with Crippen LogP contribution < -0.4 is 4.90 Å². The van der Waals surface area contributed by atoms with Gasteiger partial charge in [0, 0.05) is 48.0 Å². The van der Waals surface area contributed by atoms with Gasteiger partial charge in [-0.2, -0.15) is 0 Å². The molecule has 0 N–H and O–H groups in total. The third-order valence-electron chi connectivity index (χ3n) is 9.67. The molecule has 0 saturated heterocycles. The molecule has 3 heteroatoms. The van der Waals surface area contributed by atoms with Crippen LogP contribution in [0.2, 0.25) is 0 Å². The third-order valence-corrected chi connectivity index (χ3v) is 10.9. The summed E-state index contributed by atoms with van der Waals surface area (Å²) in [7, 11) is 0. The van der Waals surface area contributed by atoms with Crippen molar-refractivity contribution in [3.8, 4) is 22.3 Å². The van der Waals surface area contributed by atoms with Crippen LogP contribution in [0, 0.1) is 0 Å². The zero-order valence-electron chi connectivity index (χ0n) is 26.5. The summed E-state index contributed by atoms with van der Waals surface area (Å²) in [6.45, 7) is 0. The first-order chi connectivity index (χ1) is 24.3. The van der Waals surface area contributed by atoms with Crippen molar-refractivity contribution in [3.63, 3.8) is 0 Å². The predicted octanol–water partition coefficient (Wildman–Crippen LogP) is 13.9. The first kappa shape index (κ1) is 27.9. The third kappa shape index (κ3) is 4.62. The lowest BCUT2D eigenvalue weighted by Crippen LogP contribution is -2.09. The van der Waals surface area contributed by atoms with E-state index >= 15 is 0 Å². The Bertz CT molecular complexity index is 2830. The average molecular weight is 644 g/mol. The molecule has 10 aromatic rings. The Morgan fingerprint density at radius 1 is 0.388 bits per heavy atom. The second-order valence-corrected chi connectivity index (χ2v) is 13.6. The fraction of sp³-hybridized carbons (Fsp3) is 0. The van der Waals surface area contributed by atoms with Crippen LogP contribution in [0.3, 0.4) is 0 Å². The van der Waals surface area contributed by atoms with Crippen molar-refractivity contribution in [1.29, 1.82) is 0 Å². The lowest BCUT2D eigenvalue weighted by molar-refractivity contribution is 0.669. The number of hydrogen-bond acceptors (Lipinski definition) is 3. The molecule has 0 amide bonds. The topological polar surface area (TPSA) is 16.4 Å². The van der Waals surface area contributed by atoms with E-state index < -0.39 is 0 Å². The van der Waals surface area contributed by atoms with E-state index in [0.29, 0.717) is 0 Å². The quantitative estimate of drug-likeness (QED) is 0.186. The molecule has 2 nitrogen and oxygen atoms in total. The second-order valence-electron chi connectivity index (χ2n) is 12.5. The minimum atomic E-state index is 0.893. The lowest BCUT2D eigenvalue weighted by Gasteiger charge is -2.26. The number of nitrogens with zero attached hydrogens (tertiary/aromatic N) is 1. The second kappa shape index (κ2) is 11.2. The van der Waals surface area contributed by atoms with E-state index in [1.807, 2.05) is 23.5 Å². The van der Waals surface area contributed by atoms with Gasteiger partial charge in [-0.05, 0) is 87.6 Å². The van der Waals surface area contributed by atoms with E-state index in [0.717, 1.165) is 39.0 Å². The monoisotopic (exact) mass is 643 g/mol. The first-order valence-corrected chi connectivity index (χ1v) is 17.4. The Kier molecular flexibility index (Phi) is 6.39. The van der Waals surface area contributed by atoms with Gasteiger partial charge < -0.3 is 9.32 Å². The minimum Gasteiger partial charge on any atom is -0.456 e. The zero-order valence-corrected chi connectivity index (χ0v) is 27.3. The largest absolute Gasteiger partial charge is 0.456 e. The van der Waals surface area contributed by atoms with E-state index in [4.69, 9.17) is 4.42 Å². The molecule has 0 unspecified atom stereocenters. The molecule has 8 aromatic carbocycles. The van der Waals surface area contributed by atoms with E-state index in [9.17, 15) is 0 Å². The van der Waals surface area contributed by atoms with Crippen molar-refractivity contribution in [2.45, 2.75) is 0 Å². The Balaban J connectivity index is 1.15. The van der Waals surface area contributed by atoms with Crippen LogP contribution in [-0.2, 0) is 0 Å². The van der Waals surface area contributed by atoms with Gasteiger partial charge in [0.25, 0.3) is 0 Å².